The minimum Gasteiger partial charge on any atom is -0.256 e. The highest BCUT2D eigenvalue weighted by Crippen LogP contribution is 2.35. The molecule has 3 aromatic carbocycles. The summed E-state index contributed by atoms with van der Waals surface area (Å²) in [5, 5.41) is 4.55. The molecule has 0 radical (unpaired) electrons. The molecule has 0 atom stereocenters. The maximum Gasteiger partial charge on any atom is 0.0786 e. The van der Waals surface area contributed by atoms with Crippen LogP contribution in [0.15, 0.2) is 66.9 Å². The van der Waals surface area contributed by atoms with Gasteiger partial charge in [0.05, 0.1) is 15.6 Å². The Hall–Kier alpha value is -2.09. The average Bonchev–Trinajstić information content (AvgIpc) is 2.56. The predicted molar refractivity (Wildman–Crippen MR) is 94.7 cm³/mol. The van der Waals surface area contributed by atoms with Gasteiger partial charge in [-0.1, -0.05) is 65.7 Å². The molecule has 1 aromatic heterocycles. The van der Waals surface area contributed by atoms with Gasteiger partial charge in [-0.25, -0.2) is 0 Å². The first-order valence-electron chi connectivity index (χ1n) is 6.96. The van der Waals surface area contributed by atoms with Crippen LogP contribution in [0.2, 0.25) is 10.0 Å². The van der Waals surface area contributed by atoms with E-state index in [1.54, 1.807) is 0 Å². The molecular formula is C19H11Cl2N. The molecule has 0 aliphatic rings. The molecule has 0 bridgehead atoms. The topological polar surface area (TPSA) is 12.9 Å². The molecule has 22 heavy (non-hydrogen) atoms. The number of aromatic nitrogens is 1. The Morgan fingerprint density at radius 2 is 1.55 bits per heavy atom. The van der Waals surface area contributed by atoms with Crippen LogP contribution < -0.4 is 0 Å². The number of nitrogens with zero attached hydrogens (tertiary/aromatic N) is 1. The van der Waals surface area contributed by atoms with Crippen molar-refractivity contribution in [1.29, 1.82) is 0 Å². The highest BCUT2D eigenvalue weighted by atomic mass is 35.5. The van der Waals surface area contributed by atoms with Crippen LogP contribution in [0.1, 0.15) is 0 Å². The minimum absolute atomic E-state index is 0.560. The van der Waals surface area contributed by atoms with Gasteiger partial charge in [0.25, 0.3) is 0 Å². The molecule has 0 aliphatic carbocycles. The molecule has 3 heteroatoms. The van der Waals surface area contributed by atoms with Gasteiger partial charge >= 0.3 is 0 Å². The van der Waals surface area contributed by atoms with E-state index in [9.17, 15) is 0 Å². The summed E-state index contributed by atoms with van der Waals surface area (Å²) in [5.41, 5.74) is 3.15. The molecule has 106 valence electrons. The van der Waals surface area contributed by atoms with Crippen molar-refractivity contribution in [3.8, 4) is 11.1 Å². The number of hydrogen-bond acceptors (Lipinski definition) is 1. The lowest BCUT2D eigenvalue weighted by Crippen LogP contribution is -1.86. The standard InChI is InChI=1S/C19H11Cl2N/c20-16-9-8-14(11-17(16)21)15-5-1-3-12-6-7-13-4-2-10-22-19(13)18(12)15/h1-11H. The summed E-state index contributed by atoms with van der Waals surface area (Å²) in [5.74, 6) is 0. The molecule has 1 heterocycles. The van der Waals surface area contributed by atoms with Gasteiger partial charge in [-0.15, -0.1) is 0 Å². The van der Waals surface area contributed by atoms with Gasteiger partial charge in [0.2, 0.25) is 0 Å². The van der Waals surface area contributed by atoms with Gasteiger partial charge in [0, 0.05) is 17.0 Å². The van der Waals surface area contributed by atoms with Crippen LogP contribution in [-0.2, 0) is 0 Å². The van der Waals surface area contributed by atoms with E-state index in [1.165, 1.54) is 0 Å². The summed E-state index contributed by atoms with van der Waals surface area (Å²) in [6.45, 7) is 0. The fourth-order valence-corrected chi connectivity index (χ4v) is 3.12. The van der Waals surface area contributed by atoms with Gasteiger partial charge < -0.3 is 0 Å². The van der Waals surface area contributed by atoms with Crippen molar-refractivity contribution >= 4 is 44.9 Å². The van der Waals surface area contributed by atoms with Gasteiger partial charge in [-0.05, 0) is 34.7 Å². The third-order valence-corrected chi connectivity index (χ3v) is 4.58. The van der Waals surface area contributed by atoms with Crippen LogP contribution in [0.25, 0.3) is 32.8 Å². The third kappa shape index (κ3) is 2.14. The molecule has 0 spiro atoms. The van der Waals surface area contributed by atoms with E-state index in [1.807, 2.05) is 30.5 Å². The predicted octanol–water partition coefficient (Wildman–Crippen LogP) is 6.36. The summed E-state index contributed by atoms with van der Waals surface area (Å²) in [4.78, 5) is 4.58. The van der Waals surface area contributed by atoms with Crippen LogP contribution >= 0.6 is 23.2 Å². The number of benzene rings is 3. The van der Waals surface area contributed by atoms with Crippen molar-refractivity contribution in [2.75, 3.05) is 0 Å². The van der Waals surface area contributed by atoms with Crippen molar-refractivity contribution in [3.63, 3.8) is 0 Å². The molecule has 1 nitrogen and oxygen atoms in total. The van der Waals surface area contributed by atoms with Crippen LogP contribution in [0.5, 0.6) is 0 Å². The first-order valence-corrected chi connectivity index (χ1v) is 7.71. The second kappa shape index (κ2) is 5.28. The van der Waals surface area contributed by atoms with E-state index < -0.39 is 0 Å². The monoisotopic (exact) mass is 323 g/mol. The van der Waals surface area contributed by atoms with Crippen LogP contribution in [-0.4, -0.2) is 4.98 Å². The highest BCUT2D eigenvalue weighted by molar-refractivity contribution is 6.42. The molecule has 0 amide bonds. The molecule has 0 fully saturated rings. The van der Waals surface area contributed by atoms with E-state index in [0.717, 1.165) is 32.8 Å². The van der Waals surface area contributed by atoms with E-state index in [2.05, 4.69) is 41.4 Å². The molecule has 0 saturated heterocycles. The van der Waals surface area contributed by atoms with Crippen molar-refractivity contribution in [2.45, 2.75) is 0 Å². The number of pyridine rings is 1. The van der Waals surface area contributed by atoms with Gasteiger partial charge in [0.1, 0.15) is 0 Å². The Balaban J connectivity index is 2.13. The first kappa shape index (κ1) is 13.6. The van der Waals surface area contributed by atoms with E-state index in [4.69, 9.17) is 23.2 Å². The Morgan fingerprint density at radius 1 is 0.727 bits per heavy atom. The largest absolute Gasteiger partial charge is 0.256 e. The van der Waals surface area contributed by atoms with Crippen molar-refractivity contribution in [1.82, 2.24) is 4.98 Å². The number of rotatable bonds is 1. The minimum atomic E-state index is 0.560. The zero-order valence-electron chi connectivity index (χ0n) is 11.6. The number of halogens is 2. The first-order chi connectivity index (χ1) is 10.7. The fraction of sp³-hybridized carbons (Fsp3) is 0. The van der Waals surface area contributed by atoms with Crippen molar-refractivity contribution in [3.05, 3.63) is 76.9 Å². The SMILES string of the molecule is Clc1ccc(-c2cccc3ccc4cccnc4c23)cc1Cl. The zero-order chi connectivity index (χ0) is 15.1. The molecule has 4 rings (SSSR count). The number of fused-ring (bicyclic) bond motifs is 3. The Bertz CT molecular complexity index is 1010. The van der Waals surface area contributed by atoms with Crippen LogP contribution in [0.4, 0.5) is 0 Å². The second-order valence-corrected chi connectivity index (χ2v) is 5.99. The molecular weight excluding hydrogens is 313 g/mol. The lowest BCUT2D eigenvalue weighted by Gasteiger charge is -2.10. The molecule has 4 aromatic rings. The Morgan fingerprint density at radius 3 is 2.41 bits per heavy atom. The Kier molecular flexibility index (Phi) is 3.25. The third-order valence-electron chi connectivity index (χ3n) is 3.85. The maximum absolute atomic E-state index is 6.19. The quantitative estimate of drug-likeness (QED) is 0.371. The highest BCUT2D eigenvalue weighted by Gasteiger charge is 2.09. The maximum atomic E-state index is 6.19. The Labute approximate surface area is 138 Å². The summed E-state index contributed by atoms with van der Waals surface area (Å²) < 4.78 is 0. The summed E-state index contributed by atoms with van der Waals surface area (Å²) in [7, 11) is 0. The molecule has 0 unspecified atom stereocenters. The average molecular weight is 324 g/mol. The van der Waals surface area contributed by atoms with Gasteiger partial charge in [0.15, 0.2) is 0 Å². The lowest BCUT2D eigenvalue weighted by molar-refractivity contribution is 1.43. The lowest BCUT2D eigenvalue weighted by atomic mass is 9.96. The summed E-state index contributed by atoms with van der Waals surface area (Å²) >= 11 is 12.2. The summed E-state index contributed by atoms with van der Waals surface area (Å²) in [6, 6.07) is 20.2. The fourth-order valence-electron chi connectivity index (χ4n) is 2.82. The normalized spacial score (nSPS) is 11.2. The van der Waals surface area contributed by atoms with E-state index >= 15 is 0 Å². The molecule has 0 N–H and O–H groups in total. The molecule has 0 aliphatic heterocycles. The second-order valence-electron chi connectivity index (χ2n) is 5.17. The van der Waals surface area contributed by atoms with Gasteiger partial charge in [-0.2, -0.15) is 0 Å². The zero-order valence-corrected chi connectivity index (χ0v) is 13.1. The van der Waals surface area contributed by atoms with Crippen LogP contribution in [0.3, 0.4) is 0 Å². The smallest absolute Gasteiger partial charge is 0.0786 e. The van der Waals surface area contributed by atoms with Crippen molar-refractivity contribution in [2.24, 2.45) is 0 Å². The van der Waals surface area contributed by atoms with E-state index in [0.29, 0.717) is 10.0 Å². The van der Waals surface area contributed by atoms with E-state index in [-0.39, 0.29) is 0 Å². The van der Waals surface area contributed by atoms with Crippen molar-refractivity contribution < 1.29 is 0 Å². The van der Waals surface area contributed by atoms with Gasteiger partial charge in [-0.3, -0.25) is 4.98 Å². The number of hydrogen-bond donors (Lipinski definition) is 0. The summed E-state index contributed by atoms with van der Waals surface area (Å²) in [6.07, 6.45) is 1.83. The molecule has 0 saturated carbocycles. The van der Waals surface area contributed by atoms with Crippen LogP contribution in [0, 0.1) is 0 Å².